The Balaban J connectivity index is 3.09. The van der Waals surface area contributed by atoms with Crippen molar-refractivity contribution < 1.29 is 18.4 Å². The monoisotopic (exact) mass is 444 g/mol. The number of hydrogen-bond donors (Lipinski definition) is 0. The van der Waals surface area contributed by atoms with E-state index in [9.17, 15) is 4.79 Å². The van der Waals surface area contributed by atoms with Crippen molar-refractivity contribution in [3.8, 4) is 0 Å². The Hall–Kier alpha value is -0.176. The van der Waals surface area contributed by atoms with Crippen molar-refractivity contribution in [1.82, 2.24) is 0 Å². The first-order valence-corrected chi connectivity index (χ1v) is 16.6. The third-order valence-electron chi connectivity index (χ3n) is 7.45. The Labute approximate surface area is 182 Å². The van der Waals surface area contributed by atoms with E-state index in [0.29, 0.717) is 23.2 Å². The smallest absolute Gasteiger partial charge is 0.302 e. The number of carbonyl (C=O) groups is 1. The summed E-state index contributed by atoms with van der Waals surface area (Å²) in [6.45, 7) is 27.6. The van der Waals surface area contributed by atoms with Crippen molar-refractivity contribution in [3.05, 3.63) is 0 Å². The Morgan fingerprint density at radius 1 is 0.966 bits per heavy atom. The van der Waals surface area contributed by atoms with Gasteiger partial charge in [-0.3, -0.25) is 4.79 Å². The van der Waals surface area contributed by atoms with Crippen LogP contribution in [-0.2, 0) is 18.4 Å². The molecule has 29 heavy (non-hydrogen) atoms. The Morgan fingerprint density at radius 3 is 1.83 bits per heavy atom. The normalized spacial score (nSPS) is 24.0. The van der Waals surface area contributed by atoms with Gasteiger partial charge in [0, 0.05) is 25.9 Å². The van der Waals surface area contributed by atoms with Crippen LogP contribution < -0.4 is 0 Å². The second-order valence-corrected chi connectivity index (χ2v) is 21.7. The second kappa shape index (κ2) is 9.96. The zero-order valence-corrected chi connectivity index (χ0v) is 23.2. The first-order valence-electron chi connectivity index (χ1n) is 11.5. The van der Waals surface area contributed by atoms with E-state index in [-0.39, 0.29) is 29.1 Å². The minimum atomic E-state index is -2.00. The summed E-state index contributed by atoms with van der Waals surface area (Å²) in [7, 11) is -3.83. The zero-order valence-electron chi connectivity index (χ0n) is 21.2. The minimum Gasteiger partial charge on any atom is -0.462 e. The van der Waals surface area contributed by atoms with Crippen molar-refractivity contribution in [3.63, 3.8) is 0 Å². The van der Waals surface area contributed by atoms with Crippen LogP contribution in [0.5, 0.6) is 0 Å². The van der Waals surface area contributed by atoms with Gasteiger partial charge in [0.1, 0.15) is 6.10 Å². The van der Waals surface area contributed by atoms with Gasteiger partial charge in [-0.15, -0.1) is 0 Å². The summed E-state index contributed by atoms with van der Waals surface area (Å²) in [6, 6.07) is 0. The predicted octanol–water partition coefficient (Wildman–Crippen LogP) is 6.91. The number of carbonyl (C=O) groups excluding carboxylic acids is 1. The maximum absolute atomic E-state index is 11.6. The highest BCUT2D eigenvalue weighted by Gasteiger charge is 2.50. The molecule has 0 spiro atoms. The first-order chi connectivity index (χ1) is 13.0. The molecule has 1 saturated carbocycles. The fourth-order valence-corrected chi connectivity index (χ4v) is 11.6. The number of esters is 1. The van der Waals surface area contributed by atoms with Crippen LogP contribution in [0.4, 0.5) is 0 Å². The molecule has 1 rings (SSSR count). The van der Waals surface area contributed by atoms with Crippen molar-refractivity contribution in [2.45, 2.75) is 129 Å². The van der Waals surface area contributed by atoms with E-state index in [1.54, 1.807) is 0 Å². The highest BCUT2D eigenvalue weighted by Crippen LogP contribution is 2.46. The topological polar surface area (TPSA) is 44.8 Å². The predicted molar refractivity (Wildman–Crippen MR) is 127 cm³/mol. The van der Waals surface area contributed by atoms with Gasteiger partial charge in [-0.05, 0) is 41.2 Å². The molecule has 0 aliphatic heterocycles. The molecule has 3 atom stereocenters. The average Bonchev–Trinajstić information content (AvgIpc) is 2.89. The van der Waals surface area contributed by atoms with Crippen molar-refractivity contribution in [2.75, 3.05) is 6.61 Å². The maximum atomic E-state index is 11.6. The Kier molecular flexibility index (Phi) is 9.23. The molecule has 1 aliphatic carbocycles. The lowest BCUT2D eigenvalue weighted by Crippen LogP contribution is -2.51. The molecule has 4 nitrogen and oxygen atoms in total. The Bertz CT molecular complexity index is 516. The van der Waals surface area contributed by atoms with Gasteiger partial charge in [0.2, 0.25) is 8.32 Å². The molecule has 0 radical (unpaired) electrons. The molecule has 0 bridgehead atoms. The van der Waals surface area contributed by atoms with Gasteiger partial charge in [0.25, 0.3) is 0 Å². The van der Waals surface area contributed by atoms with Gasteiger partial charge in [-0.1, -0.05) is 62.3 Å². The number of rotatable bonds is 9. The third-order valence-corrected chi connectivity index (χ3v) is 18.1. The van der Waals surface area contributed by atoms with Crippen LogP contribution >= 0.6 is 0 Å². The molecule has 1 aliphatic rings. The van der Waals surface area contributed by atoms with E-state index in [2.05, 4.69) is 75.4 Å². The second-order valence-electron chi connectivity index (χ2n) is 11.5. The number of ether oxygens (including phenoxy) is 1. The summed E-state index contributed by atoms with van der Waals surface area (Å²) in [5.41, 5.74) is 1.62. The Morgan fingerprint density at radius 2 is 1.45 bits per heavy atom. The maximum Gasteiger partial charge on any atom is 0.302 e. The summed E-state index contributed by atoms with van der Waals surface area (Å²) >= 11 is 0. The van der Waals surface area contributed by atoms with Crippen molar-refractivity contribution >= 4 is 22.6 Å². The van der Waals surface area contributed by atoms with E-state index in [4.69, 9.17) is 13.6 Å². The molecule has 0 heterocycles. The molecule has 0 amide bonds. The average molecular weight is 445 g/mol. The molecule has 0 aromatic rings. The molecule has 0 unspecified atom stereocenters. The van der Waals surface area contributed by atoms with Crippen LogP contribution in [0.15, 0.2) is 0 Å². The summed E-state index contributed by atoms with van der Waals surface area (Å²) in [4.78, 5) is 11.6. The molecule has 0 saturated heterocycles. The van der Waals surface area contributed by atoms with E-state index in [1.807, 2.05) is 0 Å². The molecular formula is C23H48O4Si2. The summed E-state index contributed by atoms with van der Waals surface area (Å²) in [5, 5.41) is 0.184. The van der Waals surface area contributed by atoms with Crippen molar-refractivity contribution in [1.29, 1.82) is 0 Å². The lowest BCUT2D eigenvalue weighted by molar-refractivity contribution is -0.146. The van der Waals surface area contributed by atoms with E-state index in [1.165, 1.54) is 6.92 Å². The van der Waals surface area contributed by atoms with Crippen LogP contribution in [0.1, 0.15) is 82.1 Å². The lowest BCUT2D eigenvalue weighted by Gasteiger charge is -2.45. The summed E-state index contributed by atoms with van der Waals surface area (Å²) in [5.74, 6) is 0.0939. The van der Waals surface area contributed by atoms with Crippen LogP contribution in [0.3, 0.4) is 0 Å². The van der Waals surface area contributed by atoms with E-state index >= 15 is 0 Å². The molecule has 0 aromatic heterocycles. The van der Waals surface area contributed by atoms with E-state index < -0.39 is 16.6 Å². The van der Waals surface area contributed by atoms with E-state index in [0.717, 1.165) is 12.8 Å². The van der Waals surface area contributed by atoms with Crippen LogP contribution in [0.25, 0.3) is 0 Å². The molecule has 172 valence electrons. The quantitative estimate of drug-likeness (QED) is 0.286. The SMILES string of the molecule is CC(=O)O[C@@H]1C[C@H](CO[Si](C)(C)C(C)(C)C)[C@@H](O[Si](C(C)C)(C(C)C)C(C)C)C1. The fourth-order valence-electron chi connectivity index (χ4n) is 4.89. The molecule has 0 N–H and O–H groups in total. The molecule has 1 fully saturated rings. The van der Waals surface area contributed by atoms with Crippen LogP contribution in [0.2, 0.25) is 34.8 Å². The fraction of sp³-hybridized carbons (Fsp3) is 0.957. The van der Waals surface area contributed by atoms with Crippen molar-refractivity contribution in [2.24, 2.45) is 5.92 Å². The first kappa shape index (κ1) is 26.9. The molecule has 6 heteroatoms. The van der Waals surface area contributed by atoms with Crippen LogP contribution in [0, 0.1) is 5.92 Å². The highest BCUT2D eigenvalue weighted by atomic mass is 28.4. The van der Waals surface area contributed by atoms with Crippen LogP contribution in [-0.4, -0.2) is 41.4 Å². The summed E-state index contributed by atoms with van der Waals surface area (Å²) < 4.78 is 19.4. The minimum absolute atomic E-state index is 0.0521. The molecular weight excluding hydrogens is 396 g/mol. The van der Waals surface area contributed by atoms with Gasteiger partial charge in [0.15, 0.2) is 8.32 Å². The van der Waals surface area contributed by atoms with Gasteiger partial charge in [-0.2, -0.15) is 0 Å². The van der Waals surface area contributed by atoms with Gasteiger partial charge in [0.05, 0.1) is 6.10 Å². The standard InChI is InChI=1S/C23H48O4Si2/c1-16(2)29(17(3)4,18(5)6)27-22-14-21(26-19(7)24)13-20(22)15-25-28(11,12)23(8,9)10/h16-18,20-22H,13-15H2,1-12H3/t20-,21-,22+/m1/s1. The van der Waals surface area contributed by atoms with Gasteiger partial charge >= 0.3 is 5.97 Å². The largest absolute Gasteiger partial charge is 0.462 e. The highest BCUT2D eigenvalue weighted by molar-refractivity contribution is 6.77. The number of hydrogen-bond acceptors (Lipinski definition) is 4. The zero-order chi connectivity index (χ0) is 22.8. The lowest BCUT2D eigenvalue weighted by atomic mass is 10.1. The molecule has 0 aromatic carbocycles. The van der Waals surface area contributed by atoms with Gasteiger partial charge < -0.3 is 13.6 Å². The van der Waals surface area contributed by atoms with Gasteiger partial charge in [-0.25, -0.2) is 0 Å². The summed E-state index contributed by atoms with van der Waals surface area (Å²) in [6.07, 6.45) is 1.70. The third kappa shape index (κ3) is 6.40.